The molecule has 1 saturated carbocycles. The van der Waals surface area contributed by atoms with Crippen molar-refractivity contribution in [3.8, 4) is 0 Å². The maximum Gasteiger partial charge on any atom is 0.335 e. The molecule has 0 aromatic rings. The zero-order valence-corrected chi connectivity index (χ0v) is 18.9. The van der Waals surface area contributed by atoms with E-state index < -0.39 is 30.6 Å². The van der Waals surface area contributed by atoms with Crippen molar-refractivity contribution in [1.82, 2.24) is 9.80 Å². The Bertz CT molecular complexity index is 888. The van der Waals surface area contributed by atoms with E-state index >= 15 is 0 Å². The molecule has 0 spiro atoms. The van der Waals surface area contributed by atoms with E-state index in [0.717, 1.165) is 16.9 Å². The summed E-state index contributed by atoms with van der Waals surface area (Å²) in [6, 6.07) is -0.856. The summed E-state index contributed by atoms with van der Waals surface area (Å²) in [5.41, 5.74) is 1.78. The van der Waals surface area contributed by atoms with Crippen LogP contribution in [0.5, 0.6) is 0 Å². The first-order valence-electron chi connectivity index (χ1n) is 11.2. The van der Waals surface area contributed by atoms with Crippen molar-refractivity contribution in [2.45, 2.75) is 52.8 Å². The van der Waals surface area contributed by atoms with Gasteiger partial charge in [-0.05, 0) is 36.2 Å². The van der Waals surface area contributed by atoms with Crippen LogP contribution in [-0.2, 0) is 9.59 Å². The molecule has 0 aromatic heterocycles. The van der Waals surface area contributed by atoms with Crippen LogP contribution in [0.3, 0.4) is 0 Å². The fourth-order valence-electron chi connectivity index (χ4n) is 4.23. The number of barbiturate groups is 1. The molecule has 4 aliphatic rings. The van der Waals surface area contributed by atoms with Crippen molar-refractivity contribution < 1.29 is 23.5 Å². The van der Waals surface area contributed by atoms with Crippen LogP contribution in [-0.4, -0.2) is 40.5 Å². The SMILES string of the molecule is CC.CC1C2C=CC(CCN3C(=O)CC(=O)N([C@H](F)CC4=CC=CCC=C4)C3=O)=CC12.F. The van der Waals surface area contributed by atoms with Crippen LogP contribution in [0.4, 0.5) is 13.9 Å². The second kappa shape index (κ2) is 11.2. The van der Waals surface area contributed by atoms with Gasteiger partial charge in [0.1, 0.15) is 6.42 Å². The van der Waals surface area contributed by atoms with E-state index in [4.69, 9.17) is 0 Å². The third-order valence-electron chi connectivity index (χ3n) is 6.12. The minimum atomic E-state index is -1.80. The Morgan fingerprint density at radius 3 is 2.53 bits per heavy atom. The Morgan fingerprint density at radius 1 is 1.06 bits per heavy atom. The van der Waals surface area contributed by atoms with Crippen LogP contribution in [0.2, 0.25) is 0 Å². The van der Waals surface area contributed by atoms with Crippen molar-refractivity contribution >= 4 is 17.8 Å². The quantitative estimate of drug-likeness (QED) is 0.414. The molecule has 4 rings (SSSR count). The number of amides is 4. The number of carbonyl (C=O) groups excluding carboxylic acids is 3. The molecule has 174 valence electrons. The number of alkyl halides is 1. The van der Waals surface area contributed by atoms with Crippen LogP contribution >= 0.6 is 0 Å². The average molecular weight is 447 g/mol. The molecule has 32 heavy (non-hydrogen) atoms. The molecule has 4 amide bonds. The van der Waals surface area contributed by atoms with Crippen LogP contribution in [0, 0.1) is 17.8 Å². The number of hydrogen-bond acceptors (Lipinski definition) is 3. The Morgan fingerprint density at radius 2 is 1.81 bits per heavy atom. The van der Waals surface area contributed by atoms with Crippen molar-refractivity contribution in [2.75, 3.05) is 6.54 Å². The standard InChI is InChI=1S/C23H25FN2O3.C2H6.FH/c1-15-18-9-8-17(12-19(15)18)10-11-25-21(27)14-22(28)26(23(25)29)20(24)13-16-6-4-2-3-5-7-16;1-2;/h2,4-9,12,15,18-20H,3,10-11,13-14H2,1H3;1-2H3;1H/t15?,18?,19?,20-;;/m0../s1. The molecule has 0 N–H and O–H groups in total. The number of imide groups is 2. The van der Waals surface area contributed by atoms with E-state index in [9.17, 15) is 18.8 Å². The molecule has 1 heterocycles. The third kappa shape index (κ3) is 5.50. The van der Waals surface area contributed by atoms with E-state index in [1.807, 2.05) is 38.2 Å². The molecule has 7 heteroatoms. The number of fused-ring (bicyclic) bond motifs is 1. The van der Waals surface area contributed by atoms with Crippen LogP contribution in [0.15, 0.2) is 59.8 Å². The van der Waals surface area contributed by atoms with E-state index in [2.05, 4.69) is 19.1 Å². The van der Waals surface area contributed by atoms with Gasteiger partial charge in [0.05, 0.1) is 0 Å². The number of urea groups is 1. The Hall–Kier alpha value is -2.83. The Balaban J connectivity index is 0.00000118. The molecular weight excluding hydrogens is 414 g/mol. The lowest BCUT2D eigenvalue weighted by atomic mass is 10.0. The molecule has 4 atom stereocenters. The molecule has 5 nitrogen and oxygen atoms in total. The number of halogens is 2. The van der Waals surface area contributed by atoms with E-state index in [1.165, 1.54) is 0 Å². The van der Waals surface area contributed by atoms with Gasteiger partial charge in [-0.3, -0.25) is 19.2 Å². The Kier molecular flexibility index (Phi) is 8.87. The van der Waals surface area contributed by atoms with Crippen molar-refractivity contribution in [3.05, 3.63) is 59.8 Å². The largest absolute Gasteiger partial charge is 0.335 e. The maximum atomic E-state index is 14.9. The maximum absolute atomic E-state index is 14.9. The van der Waals surface area contributed by atoms with Crippen LogP contribution in [0.25, 0.3) is 0 Å². The summed E-state index contributed by atoms with van der Waals surface area (Å²) in [6.07, 6.45) is 14.6. The second-order valence-corrected chi connectivity index (χ2v) is 8.08. The fraction of sp³-hybridized carbons (Fsp3) is 0.480. The van der Waals surface area contributed by atoms with Gasteiger partial charge in [-0.1, -0.05) is 75.0 Å². The summed E-state index contributed by atoms with van der Waals surface area (Å²) in [4.78, 5) is 38.9. The highest BCUT2D eigenvalue weighted by Gasteiger charge is 2.45. The highest BCUT2D eigenvalue weighted by atomic mass is 19.1. The van der Waals surface area contributed by atoms with Crippen molar-refractivity contribution in [2.24, 2.45) is 17.8 Å². The highest BCUT2D eigenvalue weighted by molar-refractivity contribution is 6.14. The topological polar surface area (TPSA) is 57.7 Å². The summed E-state index contributed by atoms with van der Waals surface area (Å²) < 4.78 is 14.9. The van der Waals surface area contributed by atoms with E-state index in [-0.39, 0.29) is 17.7 Å². The zero-order chi connectivity index (χ0) is 22.5. The van der Waals surface area contributed by atoms with Crippen molar-refractivity contribution in [3.63, 3.8) is 0 Å². The minimum absolute atomic E-state index is 0. The van der Waals surface area contributed by atoms with Crippen LogP contribution in [0.1, 0.15) is 46.5 Å². The van der Waals surface area contributed by atoms with Gasteiger partial charge in [0.25, 0.3) is 0 Å². The second-order valence-electron chi connectivity index (χ2n) is 8.08. The first kappa shape index (κ1) is 25.4. The normalized spacial score (nSPS) is 26.9. The van der Waals surface area contributed by atoms with Gasteiger partial charge in [-0.25, -0.2) is 14.1 Å². The number of carbonyl (C=O) groups is 3. The molecule has 0 bridgehead atoms. The lowest BCUT2D eigenvalue weighted by molar-refractivity contribution is -0.146. The smallest absolute Gasteiger partial charge is 0.274 e. The molecule has 1 saturated heterocycles. The monoisotopic (exact) mass is 446 g/mol. The van der Waals surface area contributed by atoms with E-state index in [1.54, 1.807) is 12.2 Å². The molecule has 0 radical (unpaired) electrons. The van der Waals surface area contributed by atoms with Crippen molar-refractivity contribution in [1.29, 1.82) is 0 Å². The minimum Gasteiger partial charge on any atom is -0.274 e. The summed E-state index contributed by atoms with van der Waals surface area (Å²) in [7, 11) is 0. The fourth-order valence-corrected chi connectivity index (χ4v) is 4.23. The number of hydrogen-bond donors (Lipinski definition) is 0. The number of rotatable bonds is 6. The first-order valence-corrected chi connectivity index (χ1v) is 11.2. The third-order valence-corrected chi connectivity index (χ3v) is 6.12. The molecule has 1 aliphatic heterocycles. The van der Waals surface area contributed by atoms with Gasteiger partial charge < -0.3 is 0 Å². The molecule has 3 unspecified atom stereocenters. The van der Waals surface area contributed by atoms with Gasteiger partial charge in [0.2, 0.25) is 11.8 Å². The van der Waals surface area contributed by atoms with Gasteiger partial charge in [0.15, 0.2) is 6.30 Å². The van der Waals surface area contributed by atoms with E-state index in [0.29, 0.717) is 34.6 Å². The predicted molar refractivity (Wildman–Crippen MR) is 121 cm³/mol. The average Bonchev–Trinajstić information content (AvgIpc) is 3.46. The molecular formula is C25H32F2N2O3. The molecule has 3 aliphatic carbocycles. The summed E-state index contributed by atoms with van der Waals surface area (Å²) in [6.45, 7) is 6.36. The van der Waals surface area contributed by atoms with Gasteiger partial charge >= 0.3 is 6.03 Å². The highest BCUT2D eigenvalue weighted by Crippen LogP contribution is 2.50. The Labute approximate surface area is 188 Å². The summed E-state index contributed by atoms with van der Waals surface area (Å²) in [5.74, 6) is 0.470. The molecule has 2 fully saturated rings. The molecule has 0 aromatic carbocycles. The van der Waals surface area contributed by atoms with Gasteiger partial charge in [-0.15, -0.1) is 0 Å². The predicted octanol–water partition coefficient (Wildman–Crippen LogP) is 5.24. The lowest BCUT2D eigenvalue weighted by Gasteiger charge is -2.34. The lowest BCUT2D eigenvalue weighted by Crippen LogP contribution is -2.57. The zero-order valence-electron chi connectivity index (χ0n) is 18.9. The number of allylic oxidation sites excluding steroid dienone is 8. The van der Waals surface area contributed by atoms with Gasteiger partial charge in [-0.2, -0.15) is 0 Å². The summed E-state index contributed by atoms with van der Waals surface area (Å²) >= 11 is 0. The van der Waals surface area contributed by atoms with Crippen LogP contribution < -0.4 is 0 Å². The number of nitrogens with zero attached hydrogens (tertiary/aromatic N) is 2. The summed E-state index contributed by atoms with van der Waals surface area (Å²) in [5, 5.41) is 0. The first-order chi connectivity index (χ1) is 15.0. The van der Waals surface area contributed by atoms with Gasteiger partial charge in [0, 0.05) is 13.0 Å².